The van der Waals surface area contributed by atoms with E-state index in [4.69, 9.17) is 0 Å². The van der Waals surface area contributed by atoms with Crippen molar-refractivity contribution in [2.75, 3.05) is 0 Å². The van der Waals surface area contributed by atoms with Gasteiger partial charge in [-0.05, 0) is 48.3 Å². The van der Waals surface area contributed by atoms with Crippen LogP contribution in [0.15, 0.2) is 40.8 Å². The van der Waals surface area contributed by atoms with E-state index < -0.39 is 0 Å². The standard InChI is InChI=1S/C15H18S/c1-5-6-13-10(2)12-9-11(16)7-8-14(12)15(13,3)4/h5-9,16H,1-4H3/b6-5-. The van der Waals surface area contributed by atoms with Crippen LogP contribution < -0.4 is 0 Å². The predicted octanol–water partition coefficient (Wildman–Crippen LogP) is 4.62. The number of rotatable bonds is 1. The zero-order valence-corrected chi connectivity index (χ0v) is 11.2. The molecule has 0 saturated heterocycles. The second-order valence-corrected chi connectivity index (χ2v) is 5.41. The first-order chi connectivity index (χ1) is 7.48. The summed E-state index contributed by atoms with van der Waals surface area (Å²) in [5.41, 5.74) is 5.69. The van der Waals surface area contributed by atoms with Crippen LogP contribution in [0.2, 0.25) is 0 Å². The Bertz CT molecular complexity index is 490. The summed E-state index contributed by atoms with van der Waals surface area (Å²) in [5.74, 6) is 0. The van der Waals surface area contributed by atoms with Crippen LogP contribution in [0.5, 0.6) is 0 Å². The quantitative estimate of drug-likeness (QED) is 0.669. The van der Waals surface area contributed by atoms with Gasteiger partial charge in [-0.2, -0.15) is 0 Å². The highest BCUT2D eigenvalue weighted by Gasteiger charge is 2.34. The maximum atomic E-state index is 4.42. The SMILES string of the molecule is C/C=C\C1=C(C)c2cc(S)ccc2C1(C)C. The van der Waals surface area contributed by atoms with Crippen LogP contribution in [0.3, 0.4) is 0 Å². The zero-order valence-electron chi connectivity index (χ0n) is 10.3. The van der Waals surface area contributed by atoms with Gasteiger partial charge in [0.05, 0.1) is 0 Å². The van der Waals surface area contributed by atoms with Crippen molar-refractivity contribution in [2.45, 2.75) is 38.0 Å². The summed E-state index contributed by atoms with van der Waals surface area (Å²) in [7, 11) is 0. The predicted molar refractivity (Wildman–Crippen MR) is 74.1 cm³/mol. The minimum atomic E-state index is 0.118. The molecule has 0 bridgehead atoms. The molecule has 0 fully saturated rings. The maximum absolute atomic E-state index is 4.42. The largest absolute Gasteiger partial charge is 0.143 e. The van der Waals surface area contributed by atoms with E-state index in [0.717, 1.165) is 4.90 Å². The molecule has 0 nitrogen and oxygen atoms in total. The molecule has 0 saturated carbocycles. The molecule has 0 amide bonds. The number of hydrogen-bond acceptors (Lipinski definition) is 1. The topological polar surface area (TPSA) is 0 Å². The fourth-order valence-corrected chi connectivity index (χ4v) is 2.85. The van der Waals surface area contributed by atoms with Crippen molar-refractivity contribution in [1.29, 1.82) is 0 Å². The molecule has 1 aromatic carbocycles. The Morgan fingerprint density at radius 1 is 1.25 bits per heavy atom. The minimum Gasteiger partial charge on any atom is -0.143 e. The number of fused-ring (bicyclic) bond motifs is 1. The molecule has 0 N–H and O–H groups in total. The van der Waals surface area contributed by atoms with E-state index >= 15 is 0 Å². The van der Waals surface area contributed by atoms with Gasteiger partial charge < -0.3 is 0 Å². The van der Waals surface area contributed by atoms with Crippen LogP contribution in [0.1, 0.15) is 38.8 Å². The third-order valence-corrected chi connectivity index (χ3v) is 3.77. The summed E-state index contributed by atoms with van der Waals surface area (Å²) in [6.45, 7) is 8.85. The molecule has 0 aromatic heterocycles. The first kappa shape index (κ1) is 11.5. The van der Waals surface area contributed by atoms with Gasteiger partial charge in [0.2, 0.25) is 0 Å². The van der Waals surface area contributed by atoms with Crippen LogP contribution >= 0.6 is 12.6 Å². The number of benzene rings is 1. The Morgan fingerprint density at radius 3 is 2.56 bits per heavy atom. The van der Waals surface area contributed by atoms with Crippen molar-refractivity contribution >= 4 is 18.2 Å². The lowest BCUT2D eigenvalue weighted by atomic mass is 9.81. The van der Waals surface area contributed by atoms with Gasteiger partial charge >= 0.3 is 0 Å². The molecule has 16 heavy (non-hydrogen) atoms. The van der Waals surface area contributed by atoms with Crippen LogP contribution in [-0.4, -0.2) is 0 Å². The molecule has 0 heterocycles. The average Bonchev–Trinajstić information content (AvgIpc) is 2.40. The van der Waals surface area contributed by atoms with Crippen LogP contribution in [-0.2, 0) is 5.41 Å². The number of hydrogen-bond donors (Lipinski definition) is 1. The molecule has 1 aromatic rings. The molecule has 0 spiro atoms. The van der Waals surface area contributed by atoms with E-state index in [0.29, 0.717) is 0 Å². The van der Waals surface area contributed by atoms with Gasteiger partial charge in [-0.15, -0.1) is 12.6 Å². The summed E-state index contributed by atoms with van der Waals surface area (Å²) < 4.78 is 0. The number of thiol groups is 1. The minimum absolute atomic E-state index is 0.118. The average molecular weight is 230 g/mol. The summed E-state index contributed by atoms with van der Waals surface area (Å²) in [6, 6.07) is 6.46. The van der Waals surface area contributed by atoms with Gasteiger partial charge in [-0.25, -0.2) is 0 Å². The van der Waals surface area contributed by atoms with Gasteiger partial charge in [-0.3, -0.25) is 0 Å². The summed E-state index contributed by atoms with van der Waals surface area (Å²) in [5, 5.41) is 0. The molecule has 1 heteroatoms. The molecular weight excluding hydrogens is 212 g/mol. The summed E-state index contributed by atoms with van der Waals surface area (Å²) in [6.07, 6.45) is 4.35. The van der Waals surface area contributed by atoms with Crippen molar-refractivity contribution in [3.8, 4) is 0 Å². The lowest BCUT2D eigenvalue weighted by Gasteiger charge is -2.22. The molecule has 0 aliphatic heterocycles. The third-order valence-electron chi connectivity index (χ3n) is 3.49. The van der Waals surface area contributed by atoms with Crippen LogP contribution in [0, 0.1) is 0 Å². The smallest absolute Gasteiger partial charge is 0.0155 e. The highest BCUT2D eigenvalue weighted by molar-refractivity contribution is 7.80. The summed E-state index contributed by atoms with van der Waals surface area (Å²) >= 11 is 4.42. The first-order valence-electron chi connectivity index (χ1n) is 5.66. The lowest BCUT2D eigenvalue weighted by molar-refractivity contribution is 0.653. The highest BCUT2D eigenvalue weighted by Crippen LogP contribution is 2.46. The molecule has 1 aliphatic rings. The van der Waals surface area contributed by atoms with E-state index in [1.54, 1.807) is 0 Å². The second-order valence-electron chi connectivity index (χ2n) is 4.89. The van der Waals surface area contributed by atoms with Crippen molar-refractivity contribution in [1.82, 2.24) is 0 Å². The molecule has 1 aliphatic carbocycles. The van der Waals surface area contributed by atoms with Gasteiger partial charge in [0.1, 0.15) is 0 Å². The van der Waals surface area contributed by atoms with Gasteiger partial charge in [0, 0.05) is 10.3 Å². The zero-order chi connectivity index (χ0) is 11.9. The van der Waals surface area contributed by atoms with Gasteiger partial charge in [-0.1, -0.05) is 32.1 Å². The fraction of sp³-hybridized carbons (Fsp3) is 0.333. The third kappa shape index (κ3) is 1.54. The Balaban J connectivity index is 2.70. The lowest BCUT2D eigenvalue weighted by Crippen LogP contribution is -2.15. The Hall–Kier alpha value is -0.950. The normalized spacial score (nSPS) is 18.3. The van der Waals surface area contributed by atoms with E-state index in [2.05, 4.69) is 70.7 Å². The van der Waals surface area contributed by atoms with E-state index in [9.17, 15) is 0 Å². The highest BCUT2D eigenvalue weighted by atomic mass is 32.1. The van der Waals surface area contributed by atoms with Crippen molar-refractivity contribution < 1.29 is 0 Å². The van der Waals surface area contributed by atoms with E-state index in [1.807, 2.05) is 0 Å². The van der Waals surface area contributed by atoms with Crippen LogP contribution in [0.4, 0.5) is 0 Å². The van der Waals surface area contributed by atoms with Gasteiger partial charge in [0.25, 0.3) is 0 Å². The maximum Gasteiger partial charge on any atom is 0.0155 e. The van der Waals surface area contributed by atoms with Gasteiger partial charge in [0.15, 0.2) is 0 Å². The molecular formula is C15H18S. The fourth-order valence-electron chi connectivity index (χ4n) is 2.65. The first-order valence-corrected chi connectivity index (χ1v) is 6.11. The van der Waals surface area contributed by atoms with Crippen molar-refractivity contribution in [3.05, 3.63) is 47.1 Å². The molecule has 0 radical (unpaired) electrons. The second kappa shape index (κ2) is 3.81. The van der Waals surface area contributed by atoms with Crippen molar-refractivity contribution in [3.63, 3.8) is 0 Å². The Labute approximate surface area is 103 Å². The van der Waals surface area contributed by atoms with Crippen molar-refractivity contribution in [2.24, 2.45) is 0 Å². The molecule has 84 valence electrons. The number of allylic oxidation sites excluding steroid dienone is 4. The monoisotopic (exact) mass is 230 g/mol. The molecule has 0 unspecified atom stereocenters. The molecule has 0 atom stereocenters. The Kier molecular flexibility index (Phi) is 2.75. The molecule has 2 rings (SSSR count). The summed E-state index contributed by atoms with van der Waals surface area (Å²) in [4.78, 5) is 1.04. The van der Waals surface area contributed by atoms with E-state index in [1.165, 1.54) is 22.3 Å². The van der Waals surface area contributed by atoms with E-state index in [-0.39, 0.29) is 5.41 Å². The Morgan fingerprint density at radius 2 is 1.94 bits per heavy atom. The van der Waals surface area contributed by atoms with Crippen LogP contribution in [0.25, 0.3) is 5.57 Å².